The number of nitrogen functional groups attached to an aromatic ring is 1. The van der Waals surface area contributed by atoms with Crippen LogP contribution >= 0.6 is 11.8 Å². The first-order valence-corrected chi connectivity index (χ1v) is 11.6. The van der Waals surface area contributed by atoms with E-state index in [-0.39, 0.29) is 40.8 Å². The van der Waals surface area contributed by atoms with Crippen molar-refractivity contribution >= 4 is 17.6 Å². The van der Waals surface area contributed by atoms with Crippen LogP contribution in [0, 0.1) is 5.82 Å². The zero-order valence-electron chi connectivity index (χ0n) is 18.8. The summed E-state index contributed by atoms with van der Waals surface area (Å²) in [5.74, 6) is -0.266. The molecule has 0 saturated heterocycles. The highest BCUT2D eigenvalue weighted by atomic mass is 32.2. The van der Waals surface area contributed by atoms with Crippen molar-refractivity contribution in [2.24, 2.45) is 0 Å². The largest absolute Gasteiger partial charge is 0.414 e. The standard InChI is InChI=1S/C24H24F2N6OS/c1-14(9-10-25)34-17-6-4-16(5-7-17)20-13-29-22(27)21(30-20)24-32-31-23(33-24)18-8-3-15(12-28-2)11-19(18)26/h3-8,11,13-14,28H,9-10,12H2,1-2H3,(H2,27,29). The Morgan fingerprint density at radius 1 is 1.12 bits per heavy atom. The smallest absolute Gasteiger partial charge is 0.270 e. The van der Waals surface area contributed by atoms with Crippen LogP contribution in [0.25, 0.3) is 34.3 Å². The van der Waals surface area contributed by atoms with Crippen LogP contribution in [0.3, 0.4) is 0 Å². The van der Waals surface area contributed by atoms with Gasteiger partial charge in [-0.15, -0.1) is 22.0 Å². The Labute approximate surface area is 200 Å². The minimum atomic E-state index is -0.463. The first-order chi connectivity index (χ1) is 16.5. The molecule has 0 bridgehead atoms. The number of thioether (sulfide) groups is 1. The maximum atomic E-state index is 14.6. The van der Waals surface area contributed by atoms with Gasteiger partial charge in [-0.3, -0.25) is 4.39 Å². The summed E-state index contributed by atoms with van der Waals surface area (Å²) in [5.41, 5.74) is 8.62. The van der Waals surface area contributed by atoms with E-state index < -0.39 is 5.82 Å². The van der Waals surface area contributed by atoms with Gasteiger partial charge in [-0.1, -0.05) is 25.1 Å². The summed E-state index contributed by atoms with van der Waals surface area (Å²) in [5, 5.41) is 11.1. The van der Waals surface area contributed by atoms with E-state index in [0.29, 0.717) is 18.7 Å². The quantitative estimate of drug-likeness (QED) is 0.316. The average molecular weight is 483 g/mol. The van der Waals surface area contributed by atoms with E-state index in [1.165, 1.54) is 6.07 Å². The zero-order chi connectivity index (χ0) is 24.1. The van der Waals surface area contributed by atoms with Gasteiger partial charge < -0.3 is 15.5 Å². The summed E-state index contributed by atoms with van der Waals surface area (Å²) in [6.07, 6.45) is 2.07. The van der Waals surface area contributed by atoms with Gasteiger partial charge >= 0.3 is 0 Å². The van der Waals surface area contributed by atoms with Crippen molar-refractivity contribution in [2.75, 3.05) is 19.5 Å². The second-order valence-corrected chi connectivity index (χ2v) is 9.19. The molecule has 0 aliphatic heterocycles. The summed E-state index contributed by atoms with van der Waals surface area (Å²) in [6.45, 7) is 2.21. The summed E-state index contributed by atoms with van der Waals surface area (Å²) in [6, 6.07) is 12.5. The lowest BCUT2D eigenvalue weighted by atomic mass is 10.1. The summed E-state index contributed by atoms with van der Waals surface area (Å²) < 4.78 is 32.8. The van der Waals surface area contributed by atoms with Gasteiger partial charge in [-0.05, 0) is 43.3 Å². The molecule has 0 amide bonds. The monoisotopic (exact) mass is 482 g/mol. The van der Waals surface area contributed by atoms with Crippen LogP contribution in [-0.4, -0.2) is 39.1 Å². The highest BCUT2D eigenvalue weighted by Crippen LogP contribution is 2.31. The number of alkyl halides is 1. The molecular weight excluding hydrogens is 458 g/mol. The number of nitrogens with one attached hydrogen (secondary N) is 1. The minimum absolute atomic E-state index is 0.0267. The molecule has 2 aromatic heterocycles. The van der Waals surface area contributed by atoms with Crippen LogP contribution < -0.4 is 11.1 Å². The predicted octanol–water partition coefficient (Wildman–Crippen LogP) is 5.14. The van der Waals surface area contributed by atoms with Crippen molar-refractivity contribution in [1.82, 2.24) is 25.5 Å². The molecule has 2 heterocycles. The molecular formula is C24H24F2N6OS. The number of nitrogens with two attached hydrogens (primary N) is 1. The minimum Gasteiger partial charge on any atom is -0.414 e. The van der Waals surface area contributed by atoms with Crippen molar-refractivity contribution in [3.05, 3.63) is 60.0 Å². The molecule has 4 rings (SSSR count). The van der Waals surface area contributed by atoms with Gasteiger partial charge in [0.1, 0.15) is 5.82 Å². The lowest BCUT2D eigenvalue weighted by Crippen LogP contribution is -2.05. The molecule has 1 unspecified atom stereocenters. The van der Waals surface area contributed by atoms with Gasteiger partial charge in [0.15, 0.2) is 11.5 Å². The van der Waals surface area contributed by atoms with Crippen LogP contribution in [0.1, 0.15) is 18.9 Å². The van der Waals surface area contributed by atoms with Gasteiger partial charge in [0, 0.05) is 22.3 Å². The topological polar surface area (TPSA) is 103 Å². The highest BCUT2D eigenvalue weighted by molar-refractivity contribution is 7.99. The Hall–Kier alpha value is -3.37. The third-order valence-corrected chi connectivity index (χ3v) is 6.26. The number of hydrogen-bond donors (Lipinski definition) is 2. The number of halogens is 2. The van der Waals surface area contributed by atoms with Gasteiger partial charge in [0.25, 0.3) is 11.8 Å². The van der Waals surface area contributed by atoms with E-state index in [9.17, 15) is 8.78 Å². The van der Waals surface area contributed by atoms with E-state index in [2.05, 4.69) is 25.5 Å². The Morgan fingerprint density at radius 3 is 2.59 bits per heavy atom. The van der Waals surface area contributed by atoms with Crippen molar-refractivity contribution in [1.29, 1.82) is 0 Å². The van der Waals surface area contributed by atoms with E-state index in [4.69, 9.17) is 10.2 Å². The molecule has 34 heavy (non-hydrogen) atoms. The maximum Gasteiger partial charge on any atom is 0.270 e. The Balaban J connectivity index is 1.58. The Kier molecular flexibility index (Phi) is 7.49. The second kappa shape index (κ2) is 10.7. The van der Waals surface area contributed by atoms with E-state index in [0.717, 1.165) is 16.0 Å². The zero-order valence-corrected chi connectivity index (χ0v) is 19.6. The third-order valence-electron chi connectivity index (χ3n) is 5.08. The predicted molar refractivity (Wildman–Crippen MR) is 129 cm³/mol. The summed E-state index contributed by atoms with van der Waals surface area (Å²) in [4.78, 5) is 9.82. The fraction of sp³-hybridized carbons (Fsp3) is 0.250. The third kappa shape index (κ3) is 5.40. The van der Waals surface area contributed by atoms with Crippen LogP contribution in [0.5, 0.6) is 0 Å². The van der Waals surface area contributed by atoms with Crippen molar-refractivity contribution in [3.63, 3.8) is 0 Å². The molecule has 3 N–H and O–H groups in total. The number of rotatable bonds is 9. The number of aromatic nitrogens is 4. The van der Waals surface area contributed by atoms with Crippen LogP contribution in [0.2, 0.25) is 0 Å². The van der Waals surface area contributed by atoms with Crippen molar-refractivity contribution in [2.45, 2.75) is 30.0 Å². The van der Waals surface area contributed by atoms with Gasteiger partial charge in [0.05, 0.1) is 24.1 Å². The molecule has 0 aliphatic rings. The lowest BCUT2D eigenvalue weighted by Gasteiger charge is -2.09. The van der Waals surface area contributed by atoms with Crippen molar-refractivity contribution in [3.8, 4) is 34.3 Å². The molecule has 176 valence electrons. The molecule has 2 aromatic carbocycles. The maximum absolute atomic E-state index is 14.6. The van der Waals surface area contributed by atoms with Crippen LogP contribution in [0.4, 0.5) is 14.6 Å². The summed E-state index contributed by atoms with van der Waals surface area (Å²) >= 11 is 1.62. The first kappa shape index (κ1) is 23.8. The Morgan fingerprint density at radius 2 is 1.88 bits per heavy atom. The van der Waals surface area contributed by atoms with Gasteiger partial charge in [-0.2, -0.15) is 0 Å². The molecule has 10 heteroatoms. The fourth-order valence-corrected chi connectivity index (χ4v) is 4.28. The second-order valence-electron chi connectivity index (χ2n) is 7.68. The first-order valence-electron chi connectivity index (χ1n) is 10.7. The van der Waals surface area contributed by atoms with Gasteiger partial charge in [0.2, 0.25) is 0 Å². The number of nitrogens with zero attached hydrogens (tertiary/aromatic N) is 4. The molecule has 0 saturated carbocycles. The van der Waals surface area contributed by atoms with Crippen LogP contribution in [0.15, 0.2) is 58.0 Å². The number of hydrogen-bond acceptors (Lipinski definition) is 8. The van der Waals surface area contributed by atoms with Crippen molar-refractivity contribution < 1.29 is 13.2 Å². The average Bonchev–Trinajstić information content (AvgIpc) is 3.30. The molecule has 0 aliphatic carbocycles. The number of anilines is 1. The SMILES string of the molecule is CNCc1ccc(-c2nnc(-c3nc(-c4ccc(SC(C)CCF)cc4)cnc3N)o2)c(F)c1. The molecule has 0 spiro atoms. The van der Waals surface area contributed by atoms with E-state index >= 15 is 0 Å². The molecule has 4 aromatic rings. The normalized spacial score (nSPS) is 12.1. The van der Waals surface area contributed by atoms with Crippen LogP contribution in [-0.2, 0) is 6.54 Å². The van der Waals surface area contributed by atoms with E-state index in [1.54, 1.807) is 37.1 Å². The molecule has 0 fully saturated rings. The number of benzene rings is 2. The highest BCUT2D eigenvalue weighted by Gasteiger charge is 2.19. The molecule has 1 atom stereocenters. The lowest BCUT2D eigenvalue weighted by molar-refractivity contribution is 0.473. The molecule has 7 nitrogen and oxygen atoms in total. The van der Waals surface area contributed by atoms with E-state index in [1.807, 2.05) is 31.2 Å². The fourth-order valence-electron chi connectivity index (χ4n) is 3.32. The Bertz CT molecular complexity index is 1260. The molecule has 0 radical (unpaired) electrons. The summed E-state index contributed by atoms with van der Waals surface area (Å²) in [7, 11) is 1.79. The van der Waals surface area contributed by atoms with Gasteiger partial charge in [-0.25, -0.2) is 14.4 Å².